The largest absolute Gasteiger partial charge is 0.480 e. The summed E-state index contributed by atoms with van der Waals surface area (Å²) in [5.41, 5.74) is -0.641. The van der Waals surface area contributed by atoms with E-state index in [1.807, 2.05) is 45.9 Å². The summed E-state index contributed by atoms with van der Waals surface area (Å²) in [7, 11) is 0. The molecule has 0 saturated heterocycles. The molecule has 3 N–H and O–H groups in total. The molecule has 0 bridgehead atoms. The molecule has 0 aliphatic carbocycles. The molecule has 1 rings (SSSR count). The van der Waals surface area contributed by atoms with Crippen LogP contribution in [0, 0.1) is 11.8 Å². The quantitative estimate of drug-likeness (QED) is 0.478. The van der Waals surface area contributed by atoms with Crippen LogP contribution in [0.2, 0.25) is 0 Å². The number of aliphatic carboxylic acids is 1. The summed E-state index contributed by atoms with van der Waals surface area (Å²) in [5, 5.41) is 15.1. The van der Waals surface area contributed by atoms with Crippen LogP contribution in [0.25, 0.3) is 0 Å². The Hall–Kier alpha value is -2.28. The van der Waals surface area contributed by atoms with Gasteiger partial charge < -0.3 is 15.7 Å². The van der Waals surface area contributed by atoms with Crippen molar-refractivity contribution >= 4 is 34.9 Å². The van der Waals surface area contributed by atoms with E-state index >= 15 is 0 Å². The van der Waals surface area contributed by atoms with Crippen LogP contribution in [0.3, 0.4) is 0 Å². The Morgan fingerprint density at radius 3 is 2.10 bits per heavy atom. The molecule has 0 aliphatic rings. The second-order valence-corrected chi connectivity index (χ2v) is 8.87. The third-order valence-corrected chi connectivity index (χ3v) is 4.88. The number of amides is 2. The normalized spacial score (nSPS) is 14.2. The van der Waals surface area contributed by atoms with E-state index in [-0.39, 0.29) is 37.0 Å². The number of rotatable bonds is 11. The van der Waals surface area contributed by atoms with Crippen molar-refractivity contribution in [2.24, 2.45) is 11.8 Å². The van der Waals surface area contributed by atoms with Crippen LogP contribution in [0.15, 0.2) is 30.3 Å². The van der Waals surface area contributed by atoms with E-state index in [1.54, 1.807) is 19.1 Å². The predicted molar refractivity (Wildman–Crippen MR) is 118 cm³/mol. The van der Waals surface area contributed by atoms with E-state index in [2.05, 4.69) is 10.6 Å². The van der Waals surface area contributed by atoms with Crippen molar-refractivity contribution in [1.29, 1.82) is 0 Å². The van der Waals surface area contributed by atoms with Crippen LogP contribution in [0.4, 0.5) is 0 Å². The number of hydrogen-bond donors (Lipinski definition) is 3. The first kappa shape index (κ1) is 24.8. The van der Waals surface area contributed by atoms with Gasteiger partial charge in [-0.2, -0.15) is 0 Å². The minimum Gasteiger partial charge on any atom is -0.480 e. The van der Waals surface area contributed by atoms with E-state index in [4.69, 9.17) is 12.2 Å². The fraction of sp³-hybridized carbons (Fsp3) is 0.545. The van der Waals surface area contributed by atoms with E-state index in [0.29, 0.717) is 4.86 Å². The van der Waals surface area contributed by atoms with Crippen LogP contribution in [-0.4, -0.2) is 39.3 Å². The Morgan fingerprint density at radius 1 is 1.07 bits per heavy atom. The zero-order valence-corrected chi connectivity index (χ0v) is 18.6. The molecular formula is C22H32N2O4S. The van der Waals surface area contributed by atoms with E-state index in [1.165, 1.54) is 0 Å². The fourth-order valence-corrected chi connectivity index (χ4v) is 3.42. The van der Waals surface area contributed by atoms with Crippen LogP contribution in [-0.2, 0) is 20.8 Å². The number of nitrogens with one attached hydrogen (secondary N) is 2. The second-order valence-electron chi connectivity index (χ2n) is 8.26. The number of benzene rings is 1. The lowest BCUT2D eigenvalue weighted by molar-refractivity contribution is -0.142. The monoisotopic (exact) mass is 420 g/mol. The van der Waals surface area contributed by atoms with Crippen molar-refractivity contribution in [2.45, 2.75) is 65.5 Å². The van der Waals surface area contributed by atoms with Crippen LogP contribution in [0.5, 0.6) is 0 Å². The topological polar surface area (TPSA) is 95.5 Å². The van der Waals surface area contributed by atoms with Gasteiger partial charge in [-0.25, -0.2) is 4.79 Å². The minimum absolute atomic E-state index is 0.0513. The molecule has 0 aromatic heterocycles. The highest BCUT2D eigenvalue weighted by Gasteiger charge is 2.43. The first-order chi connectivity index (χ1) is 13.5. The number of carboxylic acid groups (broad SMARTS) is 1. The highest BCUT2D eigenvalue weighted by Crippen LogP contribution is 2.22. The van der Waals surface area contributed by atoms with E-state index in [0.717, 1.165) is 5.56 Å². The van der Waals surface area contributed by atoms with Gasteiger partial charge in [-0.15, -0.1) is 0 Å². The van der Waals surface area contributed by atoms with Gasteiger partial charge in [0.1, 0.15) is 6.04 Å². The van der Waals surface area contributed by atoms with Gasteiger partial charge in [-0.1, -0.05) is 70.2 Å². The van der Waals surface area contributed by atoms with Crippen molar-refractivity contribution in [3.8, 4) is 0 Å². The van der Waals surface area contributed by atoms with E-state index < -0.39 is 23.5 Å². The Balaban J connectivity index is 3.17. The molecule has 160 valence electrons. The average Bonchev–Trinajstić information content (AvgIpc) is 2.59. The molecule has 1 aromatic rings. The Morgan fingerprint density at radius 2 is 1.66 bits per heavy atom. The van der Waals surface area contributed by atoms with Gasteiger partial charge in [0, 0.05) is 17.7 Å². The third kappa shape index (κ3) is 7.57. The average molecular weight is 421 g/mol. The fourth-order valence-electron chi connectivity index (χ4n) is 3.20. The lowest BCUT2D eigenvalue weighted by Gasteiger charge is -2.35. The molecule has 1 aromatic carbocycles. The maximum Gasteiger partial charge on any atom is 0.326 e. The molecule has 0 saturated carbocycles. The molecule has 0 aliphatic heterocycles. The summed E-state index contributed by atoms with van der Waals surface area (Å²) in [6.07, 6.45) is 0.674. The van der Waals surface area contributed by atoms with Gasteiger partial charge in [0.25, 0.3) is 5.91 Å². The van der Waals surface area contributed by atoms with E-state index in [9.17, 15) is 19.5 Å². The van der Waals surface area contributed by atoms with Crippen LogP contribution in [0.1, 0.15) is 53.0 Å². The molecular weight excluding hydrogens is 388 g/mol. The van der Waals surface area contributed by atoms with Crippen LogP contribution < -0.4 is 10.6 Å². The predicted octanol–water partition coefficient (Wildman–Crippen LogP) is 3.14. The molecule has 0 fully saturated rings. The van der Waals surface area contributed by atoms with Crippen molar-refractivity contribution in [2.75, 3.05) is 0 Å². The Kier molecular flexibility index (Phi) is 9.43. The van der Waals surface area contributed by atoms with Gasteiger partial charge in [0.15, 0.2) is 5.54 Å². The van der Waals surface area contributed by atoms with Gasteiger partial charge in [0.2, 0.25) is 5.91 Å². The number of carbonyl (C=O) groups is 3. The molecule has 6 nitrogen and oxygen atoms in total. The van der Waals surface area contributed by atoms with Crippen molar-refractivity contribution < 1.29 is 19.5 Å². The van der Waals surface area contributed by atoms with Crippen LogP contribution >= 0.6 is 12.2 Å². The lowest BCUT2D eigenvalue weighted by Crippen LogP contribution is -2.65. The highest BCUT2D eigenvalue weighted by molar-refractivity contribution is 7.80. The molecule has 29 heavy (non-hydrogen) atoms. The number of carboxylic acids is 1. The Labute approximate surface area is 178 Å². The molecule has 2 amide bonds. The third-order valence-electron chi connectivity index (χ3n) is 4.54. The number of carbonyl (C=O) groups excluding carboxylic acids is 2. The molecule has 0 radical (unpaired) electrons. The van der Waals surface area contributed by atoms with Gasteiger partial charge in [-0.3, -0.25) is 9.59 Å². The number of thiocarbonyl (C=S) groups is 1. The molecule has 7 heteroatoms. The summed E-state index contributed by atoms with van der Waals surface area (Å²) in [6.45, 7) is 9.28. The summed E-state index contributed by atoms with van der Waals surface area (Å²) in [4.78, 5) is 37.9. The Bertz CT molecular complexity index is 734. The summed E-state index contributed by atoms with van der Waals surface area (Å²) in [6, 6.07) is 7.94. The zero-order valence-electron chi connectivity index (χ0n) is 17.8. The van der Waals surface area contributed by atoms with Crippen molar-refractivity contribution in [3.05, 3.63) is 35.9 Å². The summed E-state index contributed by atoms with van der Waals surface area (Å²) >= 11 is 5.38. The molecule has 0 spiro atoms. The van der Waals surface area contributed by atoms with Gasteiger partial charge in [0.05, 0.1) is 0 Å². The molecule has 2 atom stereocenters. The standard InChI is InChI=1S/C22H32N2O4S/c1-14(2)11-19(25)24-22(16(5)29,13-15(3)4)21(28)23-18(20(26)27)12-17-9-7-6-8-10-17/h6-10,14-15,18H,11-13H2,1-5H3,(H,23,28)(H,24,25)(H,26,27)/t18-,22+/m0/s1. The first-order valence-electron chi connectivity index (χ1n) is 9.87. The first-order valence-corrected chi connectivity index (χ1v) is 10.3. The van der Waals surface area contributed by atoms with Crippen molar-refractivity contribution in [3.63, 3.8) is 0 Å². The molecule has 0 unspecified atom stereocenters. The smallest absolute Gasteiger partial charge is 0.326 e. The van der Waals surface area contributed by atoms with Crippen molar-refractivity contribution in [1.82, 2.24) is 10.6 Å². The summed E-state index contributed by atoms with van der Waals surface area (Å²) in [5.74, 6) is -1.84. The lowest BCUT2D eigenvalue weighted by atomic mass is 9.84. The number of hydrogen-bond acceptors (Lipinski definition) is 4. The zero-order chi connectivity index (χ0) is 22.2. The SMILES string of the molecule is CC(=S)[C@@](CC(C)C)(NC(=O)CC(C)C)C(=O)N[C@@H](Cc1ccccc1)C(=O)O. The van der Waals surface area contributed by atoms with Gasteiger partial charge in [-0.05, 0) is 30.7 Å². The maximum atomic E-state index is 13.3. The van der Waals surface area contributed by atoms with Gasteiger partial charge >= 0.3 is 5.97 Å². The molecule has 0 heterocycles. The summed E-state index contributed by atoms with van der Waals surface area (Å²) < 4.78 is 0. The minimum atomic E-state index is -1.43. The maximum absolute atomic E-state index is 13.3. The second kappa shape index (κ2) is 11.0. The highest BCUT2D eigenvalue weighted by atomic mass is 32.1.